The molecule has 1 fully saturated rings. The van der Waals surface area contributed by atoms with Crippen LogP contribution in [0.3, 0.4) is 0 Å². The summed E-state index contributed by atoms with van der Waals surface area (Å²) in [5.41, 5.74) is 0.367. The van der Waals surface area contributed by atoms with E-state index in [1.807, 2.05) is 0 Å². The highest BCUT2D eigenvalue weighted by Crippen LogP contribution is 2.44. The molecule has 6 nitrogen and oxygen atoms in total. The van der Waals surface area contributed by atoms with Gasteiger partial charge in [-0.25, -0.2) is 9.59 Å². The van der Waals surface area contributed by atoms with Gasteiger partial charge in [-0.2, -0.15) is 0 Å². The summed E-state index contributed by atoms with van der Waals surface area (Å²) in [4.78, 5) is 24.5. The molecule has 1 N–H and O–H groups in total. The van der Waals surface area contributed by atoms with Gasteiger partial charge in [-0.05, 0) is 45.4 Å². The lowest BCUT2D eigenvalue weighted by Gasteiger charge is -2.33. The van der Waals surface area contributed by atoms with Crippen molar-refractivity contribution in [1.29, 1.82) is 0 Å². The second kappa shape index (κ2) is 6.21. The van der Waals surface area contributed by atoms with E-state index in [-0.39, 0.29) is 12.0 Å². The average Bonchev–Trinajstić information content (AvgIpc) is 3.03. The summed E-state index contributed by atoms with van der Waals surface area (Å²) in [6, 6.07) is 0. The average molecular weight is 360 g/mol. The van der Waals surface area contributed by atoms with E-state index >= 15 is 0 Å². The van der Waals surface area contributed by atoms with Gasteiger partial charge in [0.1, 0.15) is 12.2 Å². The van der Waals surface area contributed by atoms with Gasteiger partial charge in [0.15, 0.2) is 0 Å². The summed E-state index contributed by atoms with van der Waals surface area (Å²) in [5.74, 6) is -3.10. The molecule has 0 aliphatic carbocycles. The van der Waals surface area contributed by atoms with Crippen LogP contribution >= 0.6 is 0 Å². The van der Waals surface area contributed by atoms with Gasteiger partial charge in [0.25, 0.3) is 0 Å². The van der Waals surface area contributed by atoms with Gasteiger partial charge in [-0.15, -0.1) is 0 Å². The van der Waals surface area contributed by atoms with E-state index in [0.29, 0.717) is 11.1 Å². The SMILES string of the molecule is C=C1C(=O)O[C@@H]2/C=C(/C)[C@]3(O)C=C[C@](C)(C[C@@H](OC(=O)/C(C)=C\C)[C@@H]12)O3. The molecule has 0 radical (unpaired) electrons. The van der Waals surface area contributed by atoms with Crippen LogP contribution in [0.5, 0.6) is 0 Å². The maximum atomic E-state index is 12.4. The summed E-state index contributed by atoms with van der Waals surface area (Å²) >= 11 is 0. The van der Waals surface area contributed by atoms with Gasteiger partial charge in [-0.1, -0.05) is 18.7 Å². The van der Waals surface area contributed by atoms with E-state index in [9.17, 15) is 14.7 Å². The quantitative estimate of drug-likeness (QED) is 0.462. The van der Waals surface area contributed by atoms with Crippen LogP contribution in [0.15, 0.2) is 47.6 Å². The minimum absolute atomic E-state index is 0.256. The molecule has 3 rings (SSSR count). The Morgan fingerprint density at radius 2 is 2.15 bits per heavy atom. The minimum Gasteiger partial charge on any atom is -0.458 e. The molecule has 0 spiro atoms. The molecular weight excluding hydrogens is 336 g/mol. The van der Waals surface area contributed by atoms with Crippen LogP contribution in [0.2, 0.25) is 0 Å². The number of hydrogen-bond donors (Lipinski definition) is 1. The van der Waals surface area contributed by atoms with Crippen molar-refractivity contribution in [1.82, 2.24) is 0 Å². The molecular formula is C20H24O6. The van der Waals surface area contributed by atoms with Crippen LogP contribution in [0.1, 0.15) is 34.1 Å². The Bertz CT molecular complexity index is 760. The lowest BCUT2D eigenvalue weighted by atomic mass is 9.83. The summed E-state index contributed by atoms with van der Waals surface area (Å²) in [6.07, 6.45) is 5.52. The van der Waals surface area contributed by atoms with Gasteiger partial charge in [-0.3, -0.25) is 0 Å². The van der Waals surface area contributed by atoms with Crippen molar-refractivity contribution in [3.63, 3.8) is 0 Å². The summed E-state index contributed by atoms with van der Waals surface area (Å²) in [5, 5.41) is 10.8. The third-order valence-corrected chi connectivity index (χ3v) is 5.31. The molecule has 0 saturated carbocycles. The zero-order valence-corrected chi connectivity index (χ0v) is 15.4. The first-order valence-corrected chi connectivity index (χ1v) is 8.64. The van der Waals surface area contributed by atoms with Crippen molar-refractivity contribution in [3.8, 4) is 0 Å². The summed E-state index contributed by atoms with van der Waals surface area (Å²) < 4.78 is 17.0. The van der Waals surface area contributed by atoms with Crippen LogP contribution in [0, 0.1) is 5.92 Å². The Morgan fingerprint density at radius 1 is 1.46 bits per heavy atom. The zero-order chi connectivity index (χ0) is 19.3. The number of allylic oxidation sites excluding steroid dienone is 1. The zero-order valence-electron chi connectivity index (χ0n) is 15.4. The molecule has 5 atom stereocenters. The van der Waals surface area contributed by atoms with Gasteiger partial charge in [0, 0.05) is 17.6 Å². The second-order valence-electron chi connectivity index (χ2n) is 7.33. The molecule has 3 aliphatic heterocycles. The molecule has 3 aliphatic rings. The predicted octanol–water partition coefficient (Wildman–Crippen LogP) is 2.35. The fraction of sp³-hybridized carbons (Fsp3) is 0.500. The van der Waals surface area contributed by atoms with E-state index < -0.39 is 41.5 Å². The standard InChI is InChI=1S/C20H24O6/c1-6-11(2)17(21)25-15-10-19(5)7-8-20(23,26-19)12(3)9-14-16(15)13(4)18(22)24-14/h6-9,14-16,23H,4,10H2,1-3,5H3/b11-6-,12-9-/t14-,15-,16+,19-,20+/m1/s1. The highest BCUT2D eigenvalue weighted by atomic mass is 16.6. The molecule has 0 unspecified atom stereocenters. The van der Waals surface area contributed by atoms with Crippen molar-refractivity contribution in [2.45, 2.75) is 57.7 Å². The Morgan fingerprint density at radius 3 is 2.81 bits per heavy atom. The molecule has 0 aromatic rings. The number of carbonyl (C=O) groups excluding carboxylic acids is 2. The molecule has 3 heterocycles. The monoisotopic (exact) mass is 360 g/mol. The minimum atomic E-state index is -1.58. The lowest BCUT2D eigenvalue weighted by molar-refractivity contribution is -0.188. The van der Waals surface area contributed by atoms with Crippen molar-refractivity contribution in [2.75, 3.05) is 0 Å². The maximum absolute atomic E-state index is 12.4. The van der Waals surface area contributed by atoms with Crippen molar-refractivity contribution in [3.05, 3.63) is 47.6 Å². The largest absolute Gasteiger partial charge is 0.458 e. The molecule has 0 aromatic carbocycles. The Labute approximate surface area is 152 Å². The van der Waals surface area contributed by atoms with Crippen LogP contribution in [0.25, 0.3) is 0 Å². The first-order chi connectivity index (χ1) is 12.1. The number of hydrogen-bond acceptors (Lipinski definition) is 6. The highest BCUT2D eigenvalue weighted by Gasteiger charge is 2.52. The van der Waals surface area contributed by atoms with Crippen LogP contribution in [-0.4, -0.2) is 40.6 Å². The van der Waals surface area contributed by atoms with Crippen LogP contribution in [0.4, 0.5) is 0 Å². The normalized spacial score (nSPS) is 41.5. The Balaban J connectivity index is 2.04. The van der Waals surface area contributed by atoms with Crippen molar-refractivity contribution >= 4 is 11.9 Å². The second-order valence-corrected chi connectivity index (χ2v) is 7.33. The molecule has 0 aromatic heterocycles. The van der Waals surface area contributed by atoms with Gasteiger partial charge < -0.3 is 19.3 Å². The number of rotatable bonds is 2. The molecule has 1 saturated heterocycles. The topological polar surface area (TPSA) is 82.1 Å². The number of fused-ring (bicyclic) bond motifs is 3. The van der Waals surface area contributed by atoms with Crippen molar-refractivity contribution < 1.29 is 28.9 Å². The number of ether oxygens (including phenoxy) is 3. The highest BCUT2D eigenvalue weighted by molar-refractivity contribution is 5.92. The van der Waals surface area contributed by atoms with E-state index in [1.165, 1.54) is 0 Å². The first-order valence-electron chi connectivity index (χ1n) is 8.64. The van der Waals surface area contributed by atoms with Gasteiger partial charge in [0.05, 0.1) is 11.5 Å². The fourth-order valence-corrected chi connectivity index (χ4v) is 3.57. The lowest BCUT2D eigenvalue weighted by Crippen LogP contribution is -2.40. The number of esters is 2. The van der Waals surface area contributed by atoms with Crippen LogP contribution in [-0.2, 0) is 23.8 Å². The smallest absolute Gasteiger partial charge is 0.334 e. The van der Waals surface area contributed by atoms with Crippen molar-refractivity contribution in [2.24, 2.45) is 5.92 Å². The Kier molecular flexibility index (Phi) is 4.45. The number of aliphatic hydroxyl groups is 1. The Hall–Kier alpha value is -2.18. The molecule has 26 heavy (non-hydrogen) atoms. The summed E-state index contributed by atoms with van der Waals surface area (Å²) in [6.45, 7) is 10.8. The van der Waals surface area contributed by atoms with Gasteiger partial charge in [0.2, 0.25) is 5.79 Å². The third-order valence-electron chi connectivity index (χ3n) is 5.31. The predicted molar refractivity (Wildman–Crippen MR) is 93.8 cm³/mol. The molecule has 0 amide bonds. The summed E-state index contributed by atoms with van der Waals surface area (Å²) in [7, 11) is 0. The van der Waals surface area contributed by atoms with E-state index in [1.54, 1.807) is 52.0 Å². The number of carbonyl (C=O) groups is 2. The maximum Gasteiger partial charge on any atom is 0.334 e. The first kappa shape index (κ1) is 18.6. The molecule has 140 valence electrons. The third kappa shape index (κ3) is 3.04. The molecule has 2 bridgehead atoms. The fourth-order valence-electron chi connectivity index (χ4n) is 3.57. The van der Waals surface area contributed by atoms with Gasteiger partial charge >= 0.3 is 11.9 Å². The van der Waals surface area contributed by atoms with E-state index in [0.717, 1.165) is 0 Å². The van der Waals surface area contributed by atoms with Crippen LogP contribution < -0.4 is 0 Å². The molecule has 6 heteroatoms. The van der Waals surface area contributed by atoms with E-state index in [4.69, 9.17) is 14.2 Å². The van der Waals surface area contributed by atoms with E-state index in [2.05, 4.69) is 6.58 Å².